The number of nitrogens with one attached hydrogen (secondary N) is 1. The first kappa shape index (κ1) is 23.0. The molecule has 1 saturated heterocycles. The quantitative estimate of drug-likeness (QED) is 0.287. The minimum atomic E-state index is -1.21. The fourth-order valence-corrected chi connectivity index (χ4v) is 5.61. The standard InChI is InChI=1S/C19H17ClN6O5S2/c1-31-25-13(12-15(20)33-19(21)24-12)16(27)23-11-9-2-3-10(32-8-4-6-22-7-5-8)14(18(29)30)26(9)17(11)28/h4-7,9,11H,2-3H2,1H3,(H2,21,24)(H,23,27)(H,29,30)/t9-,11+/m1/s1. The van der Waals surface area contributed by atoms with Crippen LogP contribution >= 0.6 is 34.7 Å². The zero-order valence-electron chi connectivity index (χ0n) is 17.0. The smallest absolute Gasteiger partial charge is 0.353 e. The van der Waals surface area contributed by atoms with Gasteiger partial charge in [0.05, 0.1) is 6.04 Å². The number of halogens is 1. The minimum Gasteiger partial charge on any atom is -0.477 e. The van der Waals surface area contributed by atoms with Crippen LogP contribution in [0.1, 0.15) is 18.5 Å². The number of aliphatic carboxylic acids is 1. The van der Waals surface area contributed by atoms with Crippen molar-refractivity contribution in [1.29, 1.82) is 0 Å². The van der Waals surface area contributed by atoms with Crippen LogP contribution in [0.25, 0.3) is 0 Å². The first-order chi connectivity index (χ1) is 15.8. The molecule has 2 aromatic heterocycles. The van der Waals surface area contributed by atoms with Gasteiger partial charge in [-0.15, -0.1) is 0 Å². The monoisotopic (exact) mass is 508 g/mol. The second-order valence-electron chi connectivity index (χ2n) is 6.92. The van der Waals surface area contributed by atoms with Gasteiger partial charge >= 0.3 is 5.97 Å². The zero-order chi connectivity index (χ0) is 23.7. The maximum Gasteiger partial charge on any atom is 0.353 e. The summed E-state index contributed by atoms with van der Waals surface area (Å²) in [5.41, 5.74) is 5.36. The van der Waals surface area contributed by atoms with Crippen LogP contribution in [0.15, 0.2) is 45.2 Å². The summed E-state index contributed by atoms with van der Waals surface area (Å²) >= 11 is 8.33. The summed E-state index contributed by atoms with van der Waals surface area (Å²) in [4.78, 5) is 53.0. The number of amides is 2. The second kappa shape index (κ2) is 9.37. The summed E-state index contributed by atoms with van der Waals surface area (Å²) in [6.07, 6.45) is 4.12. The minimum absolute atomic E-state index is 0.0351. The van der Waals surface area contributed by atoms with Gasteiger partial charge < -0.3 is 21.0 Å². The molecule has 33 heavy (non-hydrogen) atoms. The number of pyridine rings is 1. The van der Waals surface area contributed by atoms with E-state index in [0.717, 1.165) is 16.2 Å². The van der Waals surface area contributed by atoms with E-state index in [0.29, 0.717) is 17.7 Å². The van der Waals surface area contributed by atoms with Crippen molar-refractivity contribution in [2.45, 2.75) is 29.8 Å². The largest absolute Gasteiger partial charge is 0.477 e. The SMILES string of the molecule is CON=C(C(=O)N[C@@H]1C(=O)N2C(C(=O)O)=C(Sc3ccncc3)CC[C@H]12)c1nc(N)sc1Cl. The number of aromatic nitrogens is 2. The van der Waals surface area contributed by atoms with E-state index in [1.54, 1.807) is 24.5 Å². The first-order valence-electron chi connectivity index (χ1n) is 9.53. The molecule has 0 spiro atoms. The second-order valence-corrected chi connectivity index (χ2v) is 9.73. The fraction of sp³-hybridized carbons (Fsp3) is 0.263. The van der Waals surface area contributed by atoms with Gasteiger partial charge in [-0.1, -0.05) is 39.9 Å². The molecule has 0 saturated carbocycles. The highest BCUT2D eigenvalue weighted by Gasteiger charge is 2.53. The van der Waals surface area contributed by atoms with Gasteiger partial charge in [0.15, 0.2) is 10.8 Å². The van der Waals surface area contributed by atoms with E-state index in [9.17, 15) is 19.5 Å². The Hall–Kier alpha value is -3.16. The number of hydrogen-bond donors (Lipinski definition) is 3. The molecule has 2 amide bonds. The lowest BCUT2D eigenvalue weighted by atomic mass is 9.86. The molecule has 0 aliphatic carbocycles. The van der Waals surface area contributed by atoms with E-state index in [2.05, 4.69) is 20.4 Å². The maximum atomic E-state index is 12.9. The van der Waals surface area contributed by atoms with Crippen LogP contribution in [0, 0.1) is 0 Å². The van der Waals surface area contributed by atoms with Crippen LogP contribution < -0.4 is 11.1 Å². The normalized spacial score (nSPS) is 20.2. The highest BCUT2D eigenvalue weighted by molar-refractivity contribution is 8.03. The number of thioether (sulfide) groups is 1. The van der Waals surface area contributed by atoms with Crippen molar-refractivity contribution >= 4 is 63.3 Å². The van der Waals surface area contributed by atoms with Crippen molar-refractivity contribution < 1.29 is 24.3 Å². The topological polar surface area (TPSA) is 160 Å². The van der Waals surface area contributed by atoms with Crippen molar-refractivity contribution in [3.05, 3.63) is 45.2 Å². The Morgan fingerprint density at radius 3 is 2.76 bits per heavy atom. The molecule has 0 aromatic carbocycles. The molecule has 11 nitrogen and oxygen atoms in total. The van der Waals surface area contributed by atoms with Gasteiger partial charge in [-0.3, -0.25) is 19.5 Å². The average Bonchev–Trinajstić information content (AvgIpc) is 3.13. The van der Waals surface area contributed by atoms with Gasteiger partial charge in [0.1, 0.15) is 28.9 Å². The van der Waals surface area contributed by atoms with Crippen molar-refractivity contribution in [2.24, 2.45) is 5.16 Å². The van der Waals surface area contributed by atoms with Crippen LogP contribution in [0.5, 0.6) is 0 Å². The van der Waals surface area contributed by atoms with Gasteiger partial charge in [-0.05, 0) is 25.0 Å². The lowest BCUT2D eigenvalue weighted by Crippen LogP contribution is -2.72. The summed E-state index contributed by atoms with van der Waals surface area (Å²) in [5.74, 6) is -2.47. The van der Waals surface area contributed by atoms with E-state index in [-0.39, 0.29) is 26.6 Å². The number of carbonyl (C=O) groups is 3. The molecule has 0 bridgehead atoms. The number of β-lactam (4-membered cyclic amide) rings is 1. The number of nitrogens with zero attached hydrogens (tertiary/aromatic N) is 4. The Bertz CT molecular complexity index is 1180. The number of fused-ring (bicyclic) bond motifs is 1. The molecule has 4 rings (SSSR count). The van der Waals surface area contributed by atoms with Crippen LogP contribution in [-0.4, -0.2) is 62.7 Å². The number of nitrogen functional groups attached to an aromatic ring is 1. The maximum absolute atomic E-state index is 12.9. The van der Waals surface area contributed by atoms with E-state index in [1.807, 2.05) is 0 Å². The van der Waals surface area contributed by atoms with E-state index < -0.39 is 29.9 Å². The summed E-state index contributed by atoms with van der Waals surface area (Å²) in [6, 6.07) is 2.10. The Balaban J connectivity index is 1.54. The van der Waals surface area contributed by atoms with Gasteiger partial charge in [0.2, 0.25) is 0 Å². The van der Waals surface area contributed by atoms with E-state index >= 15 is 0 Å². The first-order valence-corrected chi connectivity index (χ1v) is 11.5. The van der Waals surface area contributed by atoms with Crippen LogP contribution in [0.2, 0.25) is 4.34 Å². The molecule has 4 N–H and O–H groups in total. The molecule has 2 aliphatic heterocycles. The predicted octanol–water partition coefficient (Wildman–Crippen LogP) is 1.70. The van der Waals surface area contributed by atoms with Gasteiger partial charge in [0.25, 0.3) is 11.8 Å². The van der Waals surface area contributed by atoms with Crippen molar-refractivity contribution in [3.63, 3.8) is 0 Å². The number of nitrogens with two attached hydrogens (primary N) is 1. The van der Waals surface area contributed by atoms with E-state index in [1.165, 1.54) is 23.8 Å². The summed E-state index contributed by atoms with van der Waals surface area (Å²) in [5, 5.41) is 16.2. The third-order valence-electron chi connectivity index (χ3n) is 5.00. The lowest BCUT2D eigenvalue weighted by Gasteiger charge is -2.50. The third-order valence-corrected chi connectivity index (χ3v) is 7.23. The highest BCUT2D eigenvalue weighted by Crippen LogP contribution is 2.43. The molecule has 172 valence electrons. The number of oxime groups is 1. The van der Waals surface area contributed by atoms with Gasteiger partial charge in [0, 0.05) is 22.2 Å². The summed E-state index contributed by atoms with van der Waals surface area (Å²) < 4.78 is 0.145. The molecule has 2 aromatic rings. The van der Waals surface area contributed by atoms with Gasteiger partial charge in [-0.2, -0.15) is 0 Å². The number of allylic oxidation sites excluding steroid dienone is 1. The van der Waals surface area contributed by atoms with Crippen molar-refractivity contribution in [1.82, 2.24) is 20.2 Å². The Labute approximate surface area is 200 Å². The number of carbonyl (C=O) groups excluding carboxylic acids is 2. The zero-order valence-corrected chi connectivity index (χ0v) is 19.4. The molecule has 2 atom stereocenters. The molecule has 0 radical (unpaired) electrons. The van der Waals surface area contributed by atoms with Crippen molar-refractivity contribution in [2.75, 3.05) is 12.8 Å². The third kappa shape index (κ3) is 4.38. The molecule has 14 heteroatoms. The molecular formula is C19H17ClN6O5S2. The molecular weight excluding hydrogens is 492 g/mol. The number of carboxylic acid groups (broad SMARTS) is 1. The number of thiazole rings is 1. The number of rotatable bonds is 7. The Morgan fingerprint density at radius 2 is 2.15 bits per heavy atom. The van der Waals surface area contributed by atoms with Crippen LogP contribution in [0.3, 0.4) is 0 Å². The number of anilines is 1. The Morgan fingerprint density at radius 1 is 1.42 bits per heavy atom. The van der Waals surface area contributed by atoms with Crippen LogP contribution in [0.4, 0.5) is 5.13 Å². The summed E-state index contributed by atoms with van der Waals surface area (Å²) in [6.45, 7) is 0. The number of hydrogen-bond acceptors (Lipinski definition) is 10. The van der Waals surface area contributed by atoms with Crippen LogP contribution in [-0.2, 0) is 19.2 Å². The van der Waals surface area contributed by atoms with Gasteiger partial charge in [-0.25, -0.2) is 9.78 Å². The predicted molar refractivity (Wildman–Crippen MR) is 122 cm³/mol. The lowest BCUT2D eigenvalue weighted by molar-refractivity contribution is -0.155. The van der Waals surface area contributed by atoms with E-state index in [4.69, 9.17) is 22.2 Å². The molecule has 1 fully saturated rings. The number of carboxylic acids is 1. The molecule has 2 aliphatic rings. The summed E-state index contributed by atoms with van der Waals surface area (Å²) in [7, 11) is 1.25. The average molecular weight is 509 g/mol. The van der Waals surface area contributed by atoms with Crippen molar-refractivity contribution in [3.8, 4) is 0 Å². The molecule has 0 unspecified atom stereocenters. The Kier molecular flexibility index (Phi) is 6.54. The molecule has 4 heterocycles. The fourth-order valence-electron chi connectivity index (χ4n) is 3.63. The highest BCUT2D eigenvalue weighted by atomic mass is 35.5.